The summed E-state index contributed by atoms with van der Waals surface area (Å²) in [7, 11) is 0. The van der Waals surface area contributed by atoms with Crippen LogP contribution < -0.4 is 10.7 Å². The molecule has 4 rings (SSSR count). The Morgan fingerprint density at radius 2 is 1.87 bits per heavy atom. The number of hydrogen-bond acceptors (Lipinski definition) is 5. The number of benzene rings is 2. The lowest BCUT2D eigenvalue weighted by Crippen LogP contribution is -2.41. The molecule has 0 fully saturated rings. The smallest absolute Gasteiger partial charge is 0.240 e. The molecule has 0 saturated heterocycles. The van der Waals surface area contributed by atoms with Crippen molar-refractivity contribution in [3.05, 3.63) is 70.0 Å². The van der Waals surface area contributed by atoms with Crippen LogP contribution in [0.4, 0.5) is 5.69 Å². The van der Waals surface area contributed by atoms with Crippen LogP contribution in [-0.4, -0.2) is 26.0 Å². The average molecular weight is 442 g/mol. The van der Waals surface area contributed by atoms with Crippen molar-refractivity contribution in [3.63, 3.8) is 0 Å². The van der Waals surface area contributed by atoms with Gasteiger partial charge < -0.3 is 10.7 Å². The minimum absolute atomic E-state index is 0.0799. The fraction of sp³-hybridized carbons (Fsp3) is 0.318. The highest BCUT2D eigenvalue weighted by molar-refractivity contribution is 8.00. The van der Waals surface area contributed by atoms with Crippen molar-refractivity contribution >= 4 is 35.0 Å². The fourth-order valence-electron chi connectivity index (χ4n) is 3.66. The minimum Gasteiger partial charge on any atom is -0.325 e. The van der Waals surface area contributed by atoms with E-state index in [2.05, 4.69) is 33.9 Å². The average Bonchev–Trinajstić information content (AvgIpc) is 3.09. The van der Waals surface area contributed by atoms with Crippen molar-refractivity contribution in [2.24, 2.45) is 0 Å². The summed E-state index contributed by atoms with van der Waals surface area (Å²) < 4.78 is 1.91. The second-order valence-corrected chi connectivity index (χ2v) is 9.09. The number of hydrogen-bond donors (Lipinski definition) is 2. The van der Waals surface area contributed by atoms with Crippen LogP contribution in [0.25, 0.3) is 0 Å². The SMILES string of the molecule is CCCc1nnc2n1N[C@H](c1ccc(Cl)cc1)[C@@H](C(=O)Nc1cc(C)cc(C)c1)S2. The third-order valence-electron chi connectivity index (χ3n) is 4.95. The first-order chi connectivity index (χ1) is 14.4. The molecule has 0 saturated carbocycles. The molecule has 1 aliphatic heterocycles. The van der Waals surface area contributed by atoms with Gasteiger partial charge in [0.1, 0.15) is 5.25 Å². The first kappa shape index (κ1) is 20.8. The molecular formula is C22H24ClN5OS. The Bertz CT molecular complexity index is 1050. The van der Waals surface area contributed by atoms with Gasteiger partial charge in [-0.25, -0.2) is 4.68 Å². The molecule has 1 amide bonds. The minimum atomic E-state index is -0.418. The summed E-state index contributed by atoms with van der Waals surface area (Å²) in [6.07, 6.45) is 1.78. The van der Waals surface area contributed by atoms with Gasteiger partial charge in [0.2, 0.25) is 11.1 Å². The highest BCUT2D eigenvalue weighted by atomic mass is 35.5. The van der Waals surface area contributed by atoms with Crippen molar-refractivity contribution < 1.29 is 4.79 Å². The Morgan fingerprint density at radius 1 is 1.17 bits per heavy atom. The number of nitrogens with zero attached hydrogens (tertiary/aromatic N) is 3. The standard InChI is InChI=1S/C22H24ClN5OS/c1-4-5-18-25-26-22-28(18)27-19(15-6-8-16(23)9-7-15)20(30-22)21(29)24-17-11-13(2)10-14(3)12-17/h6-12,19-20,27H,4-5H2,1-3H3,(H,24,29)/t19-,20+/m1/s1. The Hall–Kier alpha value is -2.51. The zero-order chi connectivity index (χ0) is 21.3. The maximum atomic E-state index is 13.3. The van der Waals surface area contributed by atoms with Crippen molar-refractivity contribution in [1.82, 2.24) is 14.9 Å². The van der Waals surface area contributed by atoms with Crippen LogP contribution in [0.3, 0.4) is 0 Å². The fourth-order valence-corrected chi connectivity index (χ4v) is 4.89. The second-order valence-electron chi connectivity index (χ2n) is 7.55. The number of amides is 1. The molecule has 2 aromatic carbocycles. The molecule has 1 aromatic heterocycles. The Labute approximate surface area is 185 Å². The summed E-state index contributed by atoms with van der Waals surface area (Å²) in [5.74, 6) is 0.788. The predicted molar refractivity (Wildman–Crippen MR) is 122 cm³/mol. The summed E-state index contributed by atoms with van der Waals surface area (Å²) in [6, 6.07) is 13.4. The van der Waals surface area contributed by atoms with Gasteiger partial charge >= 0.3 is 0 Å². The lowest BCUT2D eigenvalue weighted by atomic mass is 10.0. The molecule has 8 heteroatoms. The normalized spacial score (nSPS) is 17.9. The highest BCUT2D eigenvalue weighted by Gasteiger charge is 2.37. The largest absolute Gasteiger partial charge is 0.325 e. The number of halogens is 1. The number of anilines is 1. The van der Waals surface area contributed by atoms with Gasteiger partial charge in [-0.15, -0.1) is 10.2 Å². The predicted octanol–water partition coefficient (Wildman–Crippen LogP) is 4.90. The molecule has 3 aromatic rings. The van der Waals surface area contributed by atoms with Gasteiger partial charge in [0, 0.05) is 17.1 Å². The summed E-state index contributed by atoms with van der Waals surface area (Å²) in [5.41, 5.74) is 7.47. The lowest BCUT2D eigenvalue weighted by molar-refractivity contribution is -0.116. The molecular weight excluding hydrogens is 418 g/mol. The number of rotatable bonds is 5. The third-order valence-corrected chi connectivity index (χ3v) is 6.42. The van der Waals surface area contributed by atoms with Gasteiger partial charge in [-0.2, -0.15) is 0 Å². The summed E-state index contributed by atoms with van der Waals surface area (Å²) in [5, 5.41) is 12.6. The third kappa shape index (κ3) is 4.32. The van der Waals surface area contributed by atoms with E-state index in [-0.39, 0.29) is 11.9 Å². The van der Waals surface area contributed by atoms with E-state index in [1.54, 1.807) is 0 Å². The number of fused-ring (bicyclic) bond motifs is 1. The van der Waals surface area contributed by atoms with Gasteiger partial charge in [-0.3, -0.25) is 4.79 Å². The first-order valence-corrected chi connectivity index (χ1v) is 11.2. The molecule has 0 aliphatic carbocycles. The van der Waals surface area contributed by atoms with Crippen molar-refractivity contribution in [2.45, 2.75) is 50.1 Å². The number of carbonyl (C=O) groups is 1. The maximum Gasteiger partial charge on any atom is 0.240 e. The van der Waals surface area contributed by atoms with E-state index in [9.17, 15) is 4.79 Å². The van der Waals surface area contributed by atoms with E-state index in [0.29, 0.717) is 10.2 Å². The van der Waals surface area contributed by atoms with E-state index in [1.165, 1.54) is 11.8 Å². The summed E-state index contributed by atoms with van der Waals surface area (Å²) >= 11 is 7.51. The molecule has 1 aliphatic rings. The van der Waals surface area contributed by atoms with Crippen molar-refractivity contribution in [1.29, 1.82) is 0 Å². The van der Waals surface area contributed by atoms with Crippen LogP contribution in [0.5, 0.6) is 0 Å². The van der Waals surface area contributed by atoms with Crippen LogP contribution in [-0.2, 0) is 11.2 Å². The second kappa shape index (κ2) is 8.70. The summed E-state index contributed by atoms with van der Waals surface area (Å²) in [6.45, 7) is 6.15. The Kier molecular flexibility index (Phi) is 6.01. The maximum absolute atomic E-state index is 13.3. The molecule has 2 atom stereocenters. The number of carbonyl (C=O) groups excluding carboxylic acids is 1. The molecule has 0 spiro atoms. The van der Waals surface area contributed by atoms with E-state index >= 15 is 0 Å². The molecule has 0 unspecified atom stereocenters. The van der Waals surface area contributed by atoms with E-state index in [0.717, 1.165) is 41.0 Å². The molecule has 0 radical (unpaired) electrons. The van der Waals surface area contributed by atoms with Gasteiger partial charge in [0.25, 0.3) is 0 Å². The van der Waals surface area contributed by atoms with Crippen LogP contribution in [0.15, 0.2) is 47.6 Å². The highest BCUT2D eigenvalue weighted by Crippen LogP contribution is 2.38. The zero-order valence-corrected chi connectivity index (χ0v) is 18.7. The number of aromatic nitrogens is 3. The Morgan fingerprint density at radius 3 is 2.53 bits per heavy atom. The molecule has 156 valence electrons. The monoisotopic (exact) mass is 441 g/mol. The van der Waals surface area contributed by atoms with Gasteiger partial charge in [-0.1, -0.05) is 48.5 Å². The van der Waals surface area contributed by atoms with E-state index < -0.39 is 5.25 Å². The topological polar surface area (TPSA) is 71.8 Å². The van der Waals surface area contributed by atoms with Crippen molar-refractivity contribution in [2.75, 3.05) is 10.7 Å². The van der Waals surface area contributed by atoms with E-state index in [1.807, 2.05) is 54.9 Å². The van der Waals surface area contributed by atoms with Crippen LogP contribution >= 0.6 is 23.4 Å². The van der Waals surface area contributed by atoms with Crippen LogP contribution in [0, 0.1) is 13.8 Å². The molecule has 30 heavy (non-hydrogen) atoms. The van der Waals surface area contributed by atoms with Gasteiger partial charge in [0.15, 0.2) is 5.82 Å². The van der Waals surface area contributed by atoms with E-state index in [4.69, 9.17) is 11.6 Å². The first-order valence-electron chi connectivity index (χ1n) is 9.96. The van der Waals surface area contributed by atoms with Crippen LogP contribution in [0.1, 0.15) is 41.9 Å². The molecule has 0 bridgehead atoms. The van der Waals surface area contributed by atoms with Crippen LogP contribution in [0.2, 0.25) is 5.02 Å². The Balaban J connectivity index is 1.67. The number of aryl methyl sites for hydroxylation is 3. The molecule has 2 N–H and O–H groups in total. The van der Waals surface area contributed by atoms with Crippen molar-refractivity contribution in [3.8, 4) is 0 Å². The number of nitrogens with one attached hydrogen (secondary N) is 2. The lowest BCUT2D eigenvalue weighted by Gasteiger charge is -2.33. The number of thioether (sulfide) groups is 1. The summed E-state index contributed by atoms with van der Waals surface area (Å²) in [4.78, 5) is 13.3. The van der Waals surface area contributed by atoms with Gasteiger partial charge in [-0.05, 0) is 61.2 Å². The quantitative estimate of drug-likeness (QED) is 0.589. The zero-order valence-electron chi connectivity index (χ0n) is 17.1. The van der Waals surface area contributed by atoms with Gasteiger partial charge in [0.05, 0.1) is 6.04 Å². The molecule has 2 heterocycles. The molecule has 6 nitrogen and oxygen atoms in total.